The minimum atomic E-state index is -0.559. The van der Waals surface area contributed by atoms with Gasteiger partial charge < -0.3 is 5.32 Å². The third-order valence-corrected chi connectivity index (χ3v) is 4.88. The molecule has 3 aromatic rings. The molecular weight excluding hydrogens is 356 g/mol. The predicted octanol–water partition coefficient (Wildman–Crippen LogP) is 5.25. The summed E-state index contributed by atoms with van der Waals surface area (Å²) in [6, 6.07) is 9.92. The lowest BCUT2D eigenvalue weighted by Gasteiger charge is -2.18. The second-order valence-electron chi connectivity index (χ2n) is 4.69. The van der Waals surface area contributed by atoms with Gasteiger partial charge in [0.1, 0.15) is 11.6 Å². The van der Waals surface area contributed by atoms with E-state index in [0.29, 0.717) is 4.47 Å². The molecular formula is C16H12BrF2NS. The van der Waals surface area contributed by atoms with E-state index >= 15 is 0 Å². The maximum atomic E-state index is 14.2. The molecule has 1 unspecified atom stereocenters. The monoisotopic (exact) mass is 367 g/mol. The van der Waals surface area contributed by atoms with Gasteiger partial charge in [0.05, 0.1) is 6.04 Å². The number of halogens is 3. The second kappa shape index (κ2) is 5.83. The molecule has 1 heterocycles. The molecule has 1 nitrogen and oxygen atoms in total. The highest BCUT2D eigenvalue weighted by Crippen LogP contribution is 2.36. The molecule has 1 atom stereocenters. The van der Waals surface area contributed by atoms with Gasteiger partial charge >= 0.3 is 0 Å². The molecule has 0 saturated heterocycles. The van der Waals surface area contributed by atoms with E-state index in [0.717, 1.165) is 15.6 Å². The molecule has 0 aliphatic rings. The number of benzene rings is 2. The maximum absolute atomic E-state index is 14.2. The zero-order chi connectivity index (χ0) is 15.0. The summed E-state index contributed by atoms with van der Waals surface area (Å²) in [7, 11) is 1.71. The predicted molar refractivity (Wildman–Crippen MR) is 86.8 cm³/mol. The molecule has 0 aliphatic carbocycles. The lowest BCUT2D eigenvalue weighted by molar-refractivity contribution is 0.522. The molecule has 21 heavy (non-hydrogen) atoms. The molecule has 0 saturated carbocycles. The van der Waals surface area contributed by atoms with Crippen LogP contribution in [0.25, 0.3) is 10.1 Å². The quantitative estimate of drug-likeness (QED) is 0.666. The van der Waals surface area contributed by atoms with E-state index in [1.165, 1.54) is 12.1 Å². The van der Waals surface area contributed by atoms with Crippen LogP contribution in [-0.4, -0.2) is 7.05 Å². The fourth-order valence-electron chi connectivity index (χ4n) is 2.51. The first-order chi connectivity index (χ1) is 10.1. The first kappa shape index (κ1) is 14.6. The fourth-order valence-corrected chi connectivity index (χ4v) is 3.90. The van der Waals surface area contributed by atoms with Gasteiger partial charge in [0.15, 0.2) is 0 Å². The summed E-state index contributed by atoms with van der Waals surface area (Å²) in [4.78, 5) is 0. The Bertz CT molecular complexity index is 777. The third kappa shape index (κ3) is 2.61. The summed E-state index contributed by atoms with van der Waals surface area (Å²) in [6.45, 7) is 0. The topological polar surface area (TPSA) is 12.0 Å². The van der Waals surface area contributed by atoms with Crippen molar-refractivity contribution < 1.29 is 8.78 Å². The van der Waals surface area contributed by atoms with Crippen LogP contribution in [-0.2, 0) is 0 Å². The van der Waals surface area contributed by atoms with Crippen molar-refractivity contribution in [3.05, 3.63) is 69.0 Å². The van der Waals surface area contributed by atoms with Gasteiger partial charge in [-0.25, -0.2) is 8.78 Å². The number of hydrogen-bond acceptors (Lipinski definition) is 2. The minimum absolute atomic E-state index is 0.0456. The SMILES string of the molecule is CNC(c1c(F)cc(Br)cc1F)c1csc2ccccc12. The number of hydrogen-bond donors (Lipinski definition) is 1. The molecule has 2 aromatic carbocycles. The zero-order valence-electron chi connectivity index (χ0n) is 11.2. The molecule has 5 heteroatoms. The molecule has 0 bridgehead atoms. The number of nitrogens with one attached hydrogen (secondary N) is 1. The van der Waals surface area contributed by atoms with Gasteiger partial charge in [0.25, 0.3) is 0 Å². The van der Waals surface area contributed by atoms with Crippen LogP contribution in [0.2, 0.25) is 0 Å². The van der Waals surface area contributed by atoms with Crippen molar-refractivity contribution in [1.82, 2.24) is 5.32 Å². The number of thiophene rings is 1. The summed E-state index contributed by atoms with van der Waals surface area (Å²) >= 11 is 4.68. The van der Waals surface area contributed by atoms with Crippen molar-refractivity contribution >= 4 is 37.4 Å². The van der Waals surface area contributed by atoms with Gasteiger partial charge in [-0.05, 0) is 41.6 Å². The lowest BCUT2D eigenvalue weighted by atomic mass is 9.97. The molecule has 0 fully saturated rings. The molecule has 0 amide bonds. The average molecular weight is 368 g/mol. The van der Waals surface area contributed by atoms with Crippen molar-refractivity contribution in [3.63, 3.8) is 0 Å². The molecule has 0 aliphatic heterocycles. The van der Waals surface area contributed by atoms with Crippen molar-refractivity contribution in [2.24, 2.45) is 0 Å². The highest BCUT2D eigenvalue weighted by molar-refractivity contribution is 9.10. The van der Waals surface area contributed by atoms with Crippen LogP contribution < -0.4 is 5.32 Å². The third-order valence-electron chi connectivity index (χ3n) is 3.44. The normalized spacial score (nSPS) is 12.8. The van der Waals surface area contributed by atoms with E-state index in [1.54, 1.807) is 18.4 Å². The van der Waals surface area contributed by atoms with E-state index in [4.69, 9.17) is 0 Å². The lowest BCUT2D eigenvalue weighted by Crippen LogP contribution is -2.20. The van der Waals surface area contributed by atoms with Crippen LogP contribution >= 0.6 is 27.3 Å². The van der Waals surface area contributed by atoms with Crippen LogP contribution in [0, 0.1) is 11.6 Å². The van der Waals surface area contributed by atoms with Gasteiger partial charge in [-0.2, -0.15) is 0 Å². The molecule has 1 aromatic heterocycles. The highest BCUT2D eigenvalue weighted by atomic mass is 79.9. The molecule has 3 rings (SSSR count). The Hall–Kier alpha value is -1.30. The molecule has 0 spiro atoms. The van der Waals surface area contributed by atoms with Crippen LogP contribution in [0.1, 0.15) is 17.2 Å². The zero-order valence-corrected chi connectivity index (χ0v) is 13.6. The smallest absolute Gasteiger partial charge is 0.132 e. The highest BCUT2D eigenvalue weighted by Gasteiger charge is 2.23. The van der Waals surface area contributed by atoms with Crippen molar-refractivity contribution in [2.75, 3.05) is 7.05 Å². The summed E-state index contributed by atoms with van der Waals surface area (Å²) in [5.41, 5.74) is 0.933. The van der Waals surface area contributed by atoms with Crippen LogP contribution in [0.5, 0.6) is 0 Å². The fraction of sp³-hybridized carbons (Fsp3) is 0.125. The van der Waals surface area contributed by atoms with Crippen molar-refractivity contribution in [1.29, 1.82) is 0 Å². The summed E-state index contributed by atoms with van der Waals surface area (Å²) < 4.78 is 30.0. The van der Waals surface area contributed by atoms with Crippen LogP contribution in [0.4, 0.5) is 8.78 Å². The Morgan fingerprint density at radius 3 is 2.48 bits per heavy atom. The molecule has 108 valence electrons. The van der Waals surface area contributed by atoms with E-state index < -0.39 is 17.7 Å². The Morgan fingerprint density at radius 2 is 1.81 bits per heavy atom. The van der Waals surface area contributed by atoms with Crippen molar-refractivity contribution in [2.45, 2.75) is 6.04 Å². The van der Waals surface area contributed by atoms with E-state index in [-0.39, 0.29) is 5.56 Å². The molecule has 0 radical (unpaired) electrons. The van der Waals surface area contributed by atoms with Gasteiger partial charge in [0, 0.05) is 14.7 Å². The van der Waals surface area contributed by atoms with Crippen LogP contribution in [0.3, 0.4) is 0 Å². The molecule has 1 N–H and O–H groups in total. The maximum Gasteiger partial charge on any atom is 0.132 e. The summed E-state index contributed by atoms with van der Waals surface area (Å²) in [6.07, 6.45) is 0. The Morgan fingerprint density at radius 1 is 1.14 bits per heavy atom. The average Bonchev–Trinajstić information content (AvgIpc) is 2.86. The summed E-state index contributed by atoms with van der Waals surface area (Å²) in [5, 5.41) is 5.99. The Labute approximate surface area is 133 Å². The van der Waals surface area contributed by atoms with Crippen LogP contribution in [0.15, 0.2) is 46.3 Å². The van der Waals surface area contributed by atoms with Crippen molar-refractivity contribution in [3.8, 4) is 0 Å². The second-order valence-corrected chi connectivity index (χ2v) is 6.52. The Kier molecular flexibility index (Phi) is 4.06. The van der Waals surface area contributed by atoms with Gasteiger partial charge in [-0.15, -0.1) is 11.3 Å². The van der Waals surface area contributed by atoms with E-state index in [1.807, 2.05) is 29.6 Å². The van der Waals surface area contributed by atoms with Gasteiger partial charge in [-0.1, -0.05) is 34.1 Å². The largest absolute Gasteiger partial charge is 0.309 e. The Balaban J connectivity index is 2.19. The van der Waals surface area contributed by atoms with E-state index in [2.05, 4.69) is 21.2 Å². The summed E-state index contributed by atoms with van der Waals surface area (Å²) in [5.74, 6) is -1.12. The van der Waals surface area contributed by atoms with E-state index in [9.17, 15) is 8.78 Å². The first-order valence-corrected chi connectivity index (χ1v) is 8.07. The number of rotatable bonds is 3. The number of fused-ring (bicyclic) bond motifs is 1. The van der Waals surface area contributed by atoms with Gasteiger partial charge in [0.2, 0.25) is 0 Å². The first-order valence-electron chi connectivity index (χ1n) is 6.39. The minimum Gasteiger partial charge on any atom is -0.309 e. The standard InChI is InChI=1S/C16H12BrF2NS/c1-20-16(15-12(18)6-9(17)7-13(15)19)11-8-21-14-5-3-2-4-10(11)14/h2-8,16,20H,1H3. The van der Waals surface area contributed by atoms with Gasteiger partial charge in [-0.3, -0.25) is 0 Å².